The zero-order valence-electron chi connectivity index (χ0n) is 19.2. The third-order valence-corrected chi connectivity index (χ3v) is 6.87. The highest BCUT2D eigenvalue weighted by molar-refractivity contribution is 7.80. The summed E-state index contributed by atoms with van der Waals surface area (Å²) in [6.45, 7) is 4.27. The minimum Gasteiger partial charge on any atom is -0.497 e. The Balaban J connectivity index is 1.68. The highest BCUT2D eigenvalue weighted by Gasteiger charge is 2.42. The summed E-state index contributed by atoms with van der Waals surface area (Å²) in [5.74, 6) is 0.784. The van der Waals surface area contributed by atoms with Gasteiger partial charge in [-0.2, -0.15) is 0 Å². The van der Waals surface area contributed by atoms with Crippen LogP contribution in [0.3, 0.4) is 0 Å². The van der Waals surface area contributed by atoms with Gasteiger partial charge in [0.05, 0.1) is 24.9 Å². The number of rotatable bonds is 5. The van der Waals surface area contributed by atoms with Gasteiger partial charge < -0.3 is 19.5 Å². The standard InChI is InChI=1S/C27H25ClN4OS/c1-17-15-23(18(2)31(17)20-12-10-19(28)11-13-20)26-25(24-9-4-5-14-29-24)30-27(34)32(26)21-7-6-8-22(16-21)33-3/h4-16,25-26H,1-3H3,(H,30,34)/t25-,26+/m0/s1. The van der Waals surface area contributed by atoms with Crippen LogP contribution in [-0.4, -0.2) is 21.8 Å². The van der Waals surface area contributed by atoms with E-state index in [-0.39, 0.29) is 12.1 Å². The molecule has 2 aromatic carbocycles. The second-order valence-corrected chi connectivity index (χ2v) is 9.16. The van der Waals surface area contributed by atoms with Crippen molar-refractivity contribution in [2.24, 2.45) is 0 Å². The van der Waals surface area contributed by atoms with Gasteiger partial charge in [0.15, 0.2) is 5.11 Å². The molecule has 4 aromatic rings. The molecule has 172 valence electrons. The quantitative estimate of drug-likeness (QED) is 0.332. The highest BCUT2D eigenvalue weighted by atomic mass is 35.5. The average Bonchev–Trinajstić information content (AvgIpc) is 3.35. The molecule has 1 N–H and O–H groups in total. The van der Waals surface area contributed by atoms with Crippen molar-refractivity contribution in [2.45, 2.75) is 25.9 Å². The molecule has 0 saturated carbocycles. The molecule has 0 radical (unpaired) electrons. The van der Waals surface area contributed by atoms with Crippen LogP contribution in [-0.2, 0) is 0 Å². The molecular formula is C27H25ClN4OS. The molecule has 0 unspecified atom stereocenters. The molecule has 0 amide bonds. The summed E-state index contributed by atoms with van der Waals surface area (Å²) < 4.78 is 7.76. The molecule has 1 aliphatic rings. The SMILES string of the molecule is COc1cccc(N2C(=S)N[C@@H](c3ccccn3)[C@H]2c2cc(C)n(-c3ccc(Cl)cc3)c2C)c1. The topological polar surface area (TPSA) is 42.3 Å². The molecule has 5 nitrogen and oxygen atoms in total. The molecule has 1 fully saturated rings. The molecule has 2 atom stereocenters. The third-order valence-electron chi connectivity index (χ3n) is 6.30. The third kappa shape index (κ3) is 3.93. The molecule has 0 bridgehead atoms. The van der Waals surface area contributed by atoms with Gasteiger partial charge in [-0.3, -0.25) is 4.98 Å². The largest absolute Gasteiger partial charge is 0.497 e. The average molecular weight is 489 g/mol. The predicted octanol–water partition coefficient (Wildman–Crippen LogP) is 6.33. The fourth-order valence-corrected chi connectivity index (χ4v) is 5.26. The lowest BCUT2D eigenvalue weighted by atomic mass is 9.96. The van der Waals surface area contributed by atoms with Crippen molar-refractivity contribution in [3.05, 3.63) is 107 Å². The van der Waals surface area contributed by atoms with E-state index in [1.54, 1.807) is 7.11 Å². The van der Waals surface area contributed by atoms with E-state index >= 15 is 0 Å². The van der Waals surface area contributed by atoms with E-state index in [2.05, 4.69) is 45.7 Å². The lowest BCUT2D eigenvalue weighted by Crippen LogP contribution is -2.29. The molecule has 2 aromatic heterocycles. The van der Waals surface area contributed by atoms with E-state index in [1.165, 1.54) is 5.56 Å². The fraction of sp³-hybridized carbons (Fsp3) is 0.185. The van der Waals surface area contributed by atoms with Crippen molar-refractivity contribution in [1.82, 2.24) is 14.9 Å². The van der Waals surface area contributed by atoms with E-state index in [0.29, 0.717) is 5.11 Å². The van der Waals surface area contributed by atoms with Crippen LogP contribution in [0.15, 0.2) is 79.0 Å². The van der Waals surface area contributed by atoms with Gasteiger partial charge in [-0.15, -0.1) is 0 Å². The second-order valence-electron chi connectivity index (χ2n) is 8.34. The van der Waals surface area contributed by atoms with Crippen LogP contribution in [0.25, 0.3) is 5.69 Å². The second kappa shape index (κ2) is 9.12. The number of hydrogen-bond acceptors (Lipinski definition) is 3. The first-order chi connectivity index (χ1) is 16.5. The smallest absolute Gasteiger partial charge is 0.174 e. The van der Waals surface area contributed by atoms with Crippen LogP contribution in [0.1, 0.15) is 34.7 Å². The van der Waals surface area contributed by atoms with Crippen molar-refractivity contribution in [2.75, 3.05) is 12.0 Å². The van der Waals surface area contributed by atoms with Crippen LogP contribution >= 0.6 is 23.8 Å². The number of hydrogen-bond donors (Lipinski definition) is 1. The van der Waals surface area contributed by atoms with Gasteiger partial charge >= 0.3 is 0 Å². The van der Waals surface area contributed by atoms with E-state index in [4.69, 9.17) is 28.6 Å². The van der Waals surface area contributed by atoms with E-state index in [1.807, 2.05) is 66.9 Å². The summed E-state index contributed by atoms with van der Waals surface area (Å²) in [5.41, 5.74) is 6.44. The first kappa shape index (κ1) is 22.4. The Morgan fingerprint density at radius 3 is 2.47 bits per heavy atom. The van der Waals surface area contributed by atoms with Gasteiger partial charge in [0, 0.05) is 40.0 Å². The Kier molecular flexibility index (Phi) is 6.02. The number of anilines is 1. The van der Waals surface area contributed by atoms with Gasteiger partial charge in [-0.1, -0.05) is 23.7 Å². The van der Waals surface area contributed by atoms with Crippen LogP contribution < -0.4 is 15.0 Å². The number of nitrogens with zero attached hydrogens (tertiary/aromatic N) is 3. The molecule has 3 heterocycles. The van der Waals surface area contributed by atoms with Crippen molar-refractivity contribution >= 4 is 34.6 Å². The maximum absolute atomic E-state index is 6.15. The van der Waals surface area contributed by atoms with Crippen molar-refractivity contribution in [1.29, 1.82) is 0 Å². The maximum atomic E-state index is 6.15. The van der Waals surface area contributed by atoms with Crippen LogP contribution in [0.4, 0.5) is 5.69 Å². The van der Waals surface area contributed by atoms with Gasteiger partial charge in [0.25, 0.3) is 0 Å². The normalized spacial score (nSPS) is 17.6. The number of benzene rings is 2. The number of pyridine rings is 1. The molecule has 0 spiro atoms. The minimum atomic E-state index is -0.112. The lowest BCUT2D eigenvalue weighted by Gasteiger charge is -2.28. The molecular weight excluding hydrogens is 464 g/mol. The van der Waals surface area contributed by atoms with Crippen LogP contribution in [0.5, 0.6) is 5.75 Å². The molecule has 7 heteroatoms. The molecule has 1 saturated heterocycles. The Bertz CT molecular complexity index is 1340. The number of halogens is 1. The number of aromatic nitrogens is 2. The van der Waals surface area contributed by atoms with Crippen molar-refractivity contribution in [3.8, 4) is 11.4 Å². The molecule has 0 aliphatic carbocycles. The summed E-state index contributed by atoms with van der Waals surface area (Å²) in [5, 5.41) is 4.91. The molecule has 34 heavy (non-hydrogen) atoms. The minimum absolute atomic E-state index is 0.0956. The summed E-state index contributed by atoms with van der Waals surface area (Å²) in [7, 11) is 1.67. The summed E-state index contributed by atoms with van der Waals surface area (Å²) >= 11 is 12.0. The van der Waals surface area contributed by atoms with E-state index < -0.39 is 0 Å². The van der Waals surface area contributed by atoms with E-state index in [0.717, 1.165) is 39.2 Å². The fourth-order valence-electron chi connectivity index (χ4n) is 4.78. The molecule has 5 rings (SSSR count). The molecule has 1 aliphatic heterocycles. The Labute approximate surface area is 210 Å². The lowest BCUT2D eigenvalue weighted by molar-refractivity contribution is 0.415. The van der Waals surface area contributed by atoms with Gasteiger partial charge in [0.2, 0.25) is 0 Å². The zero-order chi connectivity index (χ0) is 23.8. The Hall–Kier alpha value is -3.35. The van der Waals surface area contributed by atoms with Crippen LogP contribution in [0, 0.1) is 13.8 Å². The monoisotopic (exact) mass is 488 g/mol. The van der Waals surface area contributed by atoms with Gasteiger partial charge in [0.1, 0.15) is 5.75 Å². The Morgan fingerprint density at radius 1 is 0.971 bits per heavy atom. The number of methoxy groups -OCH3 is 1. The number of thiocarbonyl (C=S) groups is 1. The highest BCUT2D eigenvalue weighted by Crippen LogP contribution is 2.44. The summed E-state index contributed by atoms with van der Waals surface area (Å²) in [6, 6.07) is 23.9. The first-order valence-corrected chi connectivity index (χ1v) is 11.9. The first-order valence-electron chi connectivity index (χ1n) is 11.1. The number of aryl methyl sites for hydroxylation is 1. The van der Waals surface area contributed by atoms with Gasteiger partial charge in [-0.25, -0.2) is 0 Å². The van der Waals surface area contributed by atoms with Crippen molar-refractivity contribution < 1.29 is 4.74 Å². The predicted molar refractivity (Wildman–Crippen MR) is 141 cm³/mol. The Morgan fingerprint density at radius 2 is 1.76 bits per heavy atom. The van der Waals surface area contributed by atoms with Crippen molar-refractivity contribution in [3.63, 3.8) is 0 Å². The number of ether oxygens (including phenoxy) is 1. The van der Waals surface area contributed by atoms with Gasteiger partial charge in [-0.05, 0) is 86.2 Å². The zero-order valence-corrected chi connectivity index (χ0v) is 20.8. The van der Waals surface area contributed by atoms with E-state index in [9.17, 15) is 0 Å². The number of nitrogens with one attached hydrogen (secondary N) is 1. The summed E-state index contributed by atoms with van der Waals surface area (Å²) in [6.07, 6.45) is 1.82. The summed E-state index contributed by atoms with van der Waals surface area (Å²) in [4.78, 5) is 6.84. The maximum Gasteiger partial charge on any atom is 0.174 e. The van der Waals surface area contributed by atoms with Crippen LogP contribution in [0.2, 0.25) is 5.02 Å².